The summed E-state index contributed by atoms with van der Waals surface area (Å²) in [6, 6.07) is 9.05. The third-order valence-electron chi connectivity index (χ3n) is 4.20. The summed E-state index contributed by atoms with van der Waals surface area (Å²) in [6.07, 6.45) is 1.15. The number of nitrogens with zero attached hydrogens (tertiary/aromatic N) is 1. The van der Waals surface area contributed by atoms with Crippen molar-refractivity contribution in [1.29, 1.82) is 0 Å². The first-order valence-electron chi connectivity index (χ1n) is 6.80. The minimum Gasteiger partial charge on any atom is -0.395 e. The normalized spacial score (nSPS) is 26.4. The van der Waals surface area contributed by atoms with E-state index >= 15 is 0 Å². The molecule has 3 N–H and O–H groups in total. The van der Waals surface area contributed by atoms with Gasteiger partial charge in [0.25, 0.3) is 0 Å². The van der Waals surface area contributed by atoms with Gasteiger partial charge in [-0.15, -0.1) is 0 Å². The third-order valence-corrected chi connectivity index (χ3v) is 4.20. The van der Waals surface area contributed by atoms with Gasteiger partial charge in [0.15, 0.2) is 0 Å². The van der Waals surface area contributed by atoms with Crippen LogP contribution in [-0.4, -0.2) is 35.7 Å². The molecule has 100 valence electrons. The molecule has 0 radical (unpaired) electrons. The number of hydrogen-bond donors (Lipinski definition) is 2. The maximum Gasteiger partial charge on any atom is 0.0589 e. The van der Waals surface area contributed by atoms with Crippen molar-refractivity contribution in [2.24, 2.45) is 11.7 Å². The average Bonchev–Trinajstić information content (AvgIpc) is 2.74. The van der Waals surface area contributed by atoms with Crippen molar-refractivity contribution in [2.75, 3.05) is 19.7 Å². The lowest BCUT2D eigenvalue weighted by Gasteiger charge is -2.33. The smallest absolute Gasteiger partial charge is 0.0589 e. The van der Waals surface area contributed by atoms with Gasteiger partial charge in [-0.05, 0) is 31.4 Å². The molecule has 0 spiro atoms. The molecule has 3 unspecified atom stereocenters. The van der Waals surface area contributed by atoms with Gasteiger partial charge in [-0.3, -0.25) is 4.90 Å². The van der Waals surface area contributed by atoms with Gasteiger partial charge in [0, 0.05) is 18.6 Å². The van der Waals surface area contributed by atoms with Crippen LogP contribution >= 0.6 is 0 Å². The van der Waals surface area contributed by atoms with E-state index in [9.17, 15) is 5.11 Å². The molecule has 1 heterocycles. The van der Waals surface area contributed by atoms with E-state index in [1.807, 2.05) is 0 Å². The summed E-state index contributed by atoms with van der Waals surface area (Å²) in [6.45, 7) is 6.16. The Morgan fingerprint density at radius 3 is 2.61 bits per heavy atom. The number of aliphatic hydroxyl groups is 1. The van der Waals surface area contributed by atoms with E-state index in [4.69, 9.17) is 5.73 Å². The zero-order valence-corrected chi connectivity index (χ0v) is 11.3. The van der Waals surface area contributed by atoms with Crippen LogP contribution in [0.2, 0.25) is 0 Å². The Balaban J connectivity index is 2.20. The number of benzene rings is 1. The molecule has 1 fully saturated rings. The first-order valence-corrected chi connectivity index (χ1v) is 6.80. The van der Waals surface area contributed by atoms with Crippen LogP contribution in [0.3, 0.4) is 0 Å². The zero-order chi connectivity index (χ0) is 13.1. The van der Waals surface area contributed by atoms with E-state index in [2.05, 4.69) is 43.0 Å². The molecule has 0 bridgehead atoms. The fourth-order valence-corrected chi connectivity index (χ4v) is 2.96. The largest absolute Gasteiger partial charge is 0.395 e. The number of hydrogen-bond acceptors (Lipinski definition) is 3. The van der Waals surface area contributed by atoms with E-state index < -0.39 is 0 Å². The maximum atomic E-state index is 9.56. The van der Waals surface area contributed by atoms with Gasteiger partial charge in [-0.1, -0.05) is 36.8 Å². The van der Waals surface area contributed by atoms with Crippen molar-refractivity contribution >= 4 is 0 Å². The summed E-state index contributed by atoms with van der Waals surface area (Å²) >= 11 is 0. The molecule has 3 atom stereocenters. The zero-order valence-electron chi connectivity index (χ0n) is 11.3. The summed E-state index contributed by atoms with van der Waals surface area (Å²) in [5.41, 5.74) is 8.49. The van der Waals surface area contributed by atoms with Crippen molar-refractivity contribution in [3.05, 3.63) is 35.4 Å². The minimum atomic E-state index is 0.226. The highest BCUT2D eigenvalue weighted by molar-refractivity contribution is 5.25. The lowest BCUT2D eigenvalue weighted by atomic mass is 10.0. The summed E-state index contributed by atoms with van der Waals surface area (Å²) in [4.78, 5) is 2.37. The van der Waals surface area contributed by atoms with E-state index in [0.717, 1.165) is 13.0 Å². The molecule has 1 aromatic rings. The number of nitrogens with two attached hydrogens (primary N) is 1. The van der Waals surface area contributed by atoms with Crippen molar-refractivity contribution < 1.29 is 5.11 Å². The van der Waals surface area contributed by atoms with Crippen molar-refractivity contribution in [2.45, 2.75) is 32.4 Å². The highest BCUT2D eigenvalue weighted by Crippen LogP contribution is 2.32. The van der Waals surface area contributed by atoms with Gasteiger partial charge in [0.2, 0.25) is 0 Å². The monoisotopic (exact) mass is 248 g/mol. The molecule has 1 saturated heterocycles. The predicted octanol–water partition coefficient (Wildman–Crippen LogP) is 1.70. The molecule has 2 rings (SSSR count). The standard InChI is InChI=1S/C15H24N2O/c1-11-3-5-13(6-4-11)14(9-16)17-8-7-12(2)15(17)10-18/h3-6,12,14-15,18H,7-10,16H2,1-2H3. The highest BCUT2D eigenvalue weighted by Gasteiger charge is 2.35. The van der Waals surface area contributed by atoms with Gasteiger partial charge < -0.3 is 10.8 Å². The Hall–Kier alpha value is -0.900. The molecule has 3 heteroatoms. The molecule has 1 aliphatic heterocycles. The predicted molar refractivity (Wildman–Crippen MR) is 74.3 cm³/mol. The fourth-order valence-electron chi connectivity index (χ4n) is 2.96. The molecular weight excluding hydrogens is 224 g/mol. The van der Waals surface area contributed by atoms with E-state index in [-0.39, 0.29) is 18.7 Å². The van der Waals surface area contributed by atoms with Crippen molar-refractivity contribution in [1.82, 2.24) is 4.90 Å². The molecule has 0 saturated carbocycles. The van der Waals surface area contributed by atoms with E-state index in [1.54, 1.807) is 0 Å². The minimum absolute atomic E-state index is 0.226. The van der Waals surface area contributed by atoms with Crippen molar-refractivity contribution in [3.8, 4) is 0 Å². The van der Waals surface area contributed by atoms with Gasteiger partial charge in [-0.2, -0.15) is 0 Å². The van der Waals surface area contributed by atoms with Gasteiger partial charge in [0.1, 0.15) is 0 Å². The summed E-state index contributed by atoms with van der Waals surface area (Å²) in [5, 5.41) is 9.56. The average molecular weight is 248 g/mol. The summed E-state index contributed by atoms with van der Waals surface area (Å²) in [7, 11) is 0. The summed E-state index contributed by atoms with van der Waals surface area (Å²) in [5.74, 6) is 0.550. The highest BCUT2D eigenvalue weighted by atomic mass is 16.3. The first-order chi connectivity index (χ1) is 8.67. The molecule has 1 aliphatic rings. The number of rotatable bonds is 4. The van der Waals surface area contributed by atoms with Gasteiger partial charge >= 0.3 is 0 Å². The second kappa shape index (κ2) is 5.83. The van der Waals surface area contributed by atoms with Crippen LogP contribution < -0.4 is 5.73 Å². The first kappa shape index (κ1) is 13.5. The van der Waals surface area contributed by atoms with Crippen LogP contribution in [0.15, 0.2) is 24.3 Å². The Morgan fingerprint density at radius 2 is 2.06 bits per heavy atom. The molecule has 0 amide bonds. The van der Waals surface area contributed by atoms with E-state index in [1.165, 1.54) is 11.1 Å². The van der Waals surface area contributed by atoms with Crippen LogP contribution in [0.25, 0.3) is 0 Å². The topological polar surface area (TPSA) is 49.5 Å². The second-order valence-electron chi connectivity index (χ2n) is 5.42. The van der Waals surface area contributed by atoms with Crippen LogP contribution in [-0.2, 0) is 0 Å². The Bertz CT molecular complexity index is 377. The van der Waals surface area contributed by atoms with Crippen molar-refractivity contribution in [3.63, 3.8) is 0 Å². The van der Waals surface area contributed by atoms with Crippen LogP contribution in [0.4, 0.5) is 0 Å². The SMILES string of the molecule is Cc1ccc(C(CN)N2CCC(C)C2CO)cc1. The van der Waals surface area contributed by atoms with Crippen LogP contribution in [0.1, 0.15) is 30.5 Å². The molecule has 0 aromatic heterocycles. The van der Waals surface area contributed by atoms with Crippen LogP contribution in [0, 0.1) is 12.8 Å². The lowest BCUT2D eigenvalue weighted by Crippen LogP contribution is -2.41. The Kier molecular flexibility index (Phi) is 4.38. The molecule has 18 heavy (non-hydrogen) atoms. The van der Waals surface area contributed by atoms with Gasteiger partial charge in [-0.25, -0.2) is 0 Å². The molecule has 1 aromatic carbocycles. The van der Waals surface area contributed by atoms with Crippen LogP contribution in [0.5, 0.6) is 0 Å². The lowest BCUT2D eigenvalue weighted by molar-refractivity contribution is 0.105. The molecule has 0 aliphatic carbocycles. The molecular formula is C15H24N2O. The van der Waals surface area contributed by atoms with Gasteiger partial charge in [0.05, 0.1) is 6.61 Å². The fraction of sp³-hybridized carbons (Fsp3) is 0.600. The second-order valence-corrected chi connectivity index (χ2v) is 5.42. The Labute approximate surface area is 110 Å². The maximum absolute atomic E-state index is 9.56. The Morgan fingerprint density at radius 1 is 1.39 bits per heavy atom. The number of aryl methyl sites for hydroxylation is 1. The third kappa shape index (κ3) is 2.58. The molecule has 3 nitrogen and oxygen atoms in total. The summed E-state index contributed by atoms with van der Waals surface area (Å²) < 4.78 is 0. The number of likely N-dealkylation sites (tertiary alicyclic amines) is 1. The quantitative estimate of drug-likeness (QED) is 0.852. The number of aliphatic hydroxyl groups excluding tert-OH is 1. The van der Waals surface area contributed by atoms with E-state index in [0.29, 0.717) is 12.5 Å².